The predicted octanol–water partition coefficient (Wildman–Crippen LogP) is 1.66. The molecule has 3 nitrogen and oxygen atoms in total. The summed E-state index contributed by atoms with van der Waals surface area (Å²) in [6.07, 6.45) is 7.07. The minimum atomic E-state index is 0.845. The molecule has 0 aliphatic rings. The molecule has 2 aromatic rings. The molecule has 0 N–H and O–H groups in total. The highest BCUT2D eigenvalue weighted by Gasteiger charge is 1.96. The van der Waals surface area contributed by atoms with Gasteiger partial charge in [-0.1, -0.05) is 6.07 Å². The van der Waals surface area contributed by atoms with Gasteiger partial charge in [-0.25, -0.2) is 9.97 Å². The van der Waals surface area contributed by atoms with E-state index in [1.54, 1.807) is 18.6 Å². The van der Waals surface area contributed by atoms with E-state index >= 15 is 0 Å². The molecule has 0 fully saturated rings. The van der Waals surface area contributed by atoms with E-state index in [-0.39, 0.29) is 0 Å². The van der Waals surface area contributed by atoms with Gasteiger partial charge < -0.3 is 0 Å². The van der Waals surface area contributed by atoms with Crippen LogP contribution in [0.5, 0.6) is 0 Å². The Labute approximate surface area is 82.9 Å². The Morgan fingerprint density at radius 3 is 2.29 bits per heavy atom. The van der Waals surface area contributed by atoms with Crippen molar-refractivity contribution in [3.05, 3.63) is 54.4 Å². The maximum atomic E-state index is 4.24. The van der Waals surface area contributed by atoms with Gasteiger partial charge in [0.05, 0.1) is 0 Å². The van der Waals surface area contributed by atoms with Crippen LogP contribution in [0.2, 0.25) is 0 Å². The molecule has 0 atom stereocenters. The molecule has 3 heteroatoms. The van der Waals surface area contributed by atoms with Crippen molar-refractivity contribution in [2.24, 2.45) is 0 Å². The molecule has 0 spiro atoms. The van der Waals surface area contributed by atoms with Crippen LogP contribution in [0.25, 0.3) is 0 Å². The van der Waals surface area contributed by atoms with Crippen molar-refractivity contribution in [1.82, 2.24) is 15.0 Å². The molecular formula is C11H11N3. The molecule has 0 amide bonds. The first-order valence-corrected chi connectivity index (χ1v) is 4.61. The Hall–Kier alpha value is -1.77. The van der Waals surface area contributed by atoms with E-state index in [1.807, 2.05) is 24.3 Å². The standard InChI is InChI=1S/C11H11N3/c1-2-7-12-10(4-1)5-6-11-13-8-3-9-14-11/h1-4,7-9H,5-6H2. The number of aryl methyl sites for hydroxylation is 2. The molecule has 2 aromatic heterocycles. The second kappa shape index (κ2) is 4.46. The van der Waals surface area contributed by atoms with Gasteiger partial charge in [-0.3, -0.25) is 4.98 Å². The summed E-state index contributed by atoms with van der Waals surface area (Å²) < 4.78 is 0. The second-order valence-corrected chi connectivity index (χ2v) is 2.99. The van der Waals surface area contributed by atoms with E-state index in [1.165, 1.54) is 0 Å². The second-order valence-electron chi connectivity index (χ2n) is 2.99. The van der Waals surface area contributed by atoms with Gasteiger partial charge in [-0.2, -0.15) is 0 Å². The molecule has 70 valence electrons. The maximum Gasteiger partial charge on any atom is 0.128 e. The normalized spacial score (nSPS) is 10.0. The summed E-state index contributed by atoms with van der Waals surface area (Å²) in [5.74, 6) is 0.873. The number of rotatable bonds is 3. The lowest BCUT2D eigenvalue weighted by atomic mass is 10.2. The van der Waals surface area contributed by atoms with Crippen LogP contribution in [-0.4, -0.2) is 15.0 Å². The van der Waals surface area contributed by atoms with Crippen LogP contribution in [0.1, 0.15) is 11.5 Å². The van der Waals surface area contributed by atoms with Crippen molar-refractivity contribution in [3.63, 3.8) is 0 Å². The van der Waals surface area contributed by atoms with Crippen molar-refractivity contribution in [2.45, 2.75) is 12.8 Å². The molecule has 0 aliphatic carbocycles. The Morgan fingerprint density at radius 2 is 1.57 bits per heavy atom. The van der Waals surface area contributed by atoms with Crippen LogP contribution >= 0.6 is 0 Å². The minimum Gasteiger partial charge on any atom is -0.261 e. The van der Waals surface area contributed by atoms with Gasteiger partial charge >= 0.3 is 0 Å². The van der Waals surface area contributed by atoms with E-state index in [4.69, 9.17) is 0 Å². The number of hydrogen-bond acceptors (Lipinski definition) is 3. The van der Waals surface area contributed by atoms with Gasteiger partial charge in [-0.15, -0.1) is 0 Å². The molecule has 0 saturated carbocycles. The van der Waals surface area contributed by atoms with Crippen molar-refractivity contribution in [3.8, 4) is 0 Å². The predicted molar refractivity (Wildman–Crippen MR) is 53.7 cm³/mol. The summed E-state index contributed by atoms with van der Waals surface area (Å²) in [6, 6.07) is 7.75. The largest absolute Gasteiger partial charge is 0.261 e. The number of aromatic nitrogens is 3. The third-order valence-electron chi connectivity index (χ3n) is 1.95. The molecule has 2 heterocycles. The zero-order valence-electron chi connectivity index (χ0n) is 7.80. The van der Waals surface area contributed by atoms with Gasteiger partial charge in [0.25, 0.3) is 0 Å². The average molecular weight is 185 g/mol. The van der Waals surface area contributed by atoms with Crippen molar-refractivity contribution in [2.75, 3.05) is 0 Å². The minimum absolute atomic E-state index is 0.845. The first kappa shape index (κ1) is 8.81. The fraction of sp³-hybridized carbons (Fsp3) is 0.182. The molecule has 0 aliphatic heterocycles. The van der Waals surface area contributed by atoms with Crippen LogP contribution in [0.3, 0.4) is 0 Å². The van der Waals surface area contributed by atoms with Gasteiger partial charge in [0.2, 0.25) is 0 Å². The highest BCUT2D eigenvalue weighted by atomic mass is 14.8. The maximum absolute atomic E-state index is 4.24. The average Bonchev–Trinajstić information content (AvgIpc) is 2.29. The Kier molecular flexibility index (Phi) is 2.81. The Bertz CT molecular complexity index is 333. The first-order valence-electron chi connectivity index (χ1n) is 4.61. The SMILES string of the molecule is c1ccc(CCc2ncccn2)nc1. The molecule has 0 radical (unpaired) electrons. The molecule has 0 aromatic carbocycles. The van der Waals surface area contributed by atoms with E-state index in [0.717, 1.165) is 24.4 Å². The highest BCUT2D eigenvalue weighted by molar-refractivity contribution is 5.05. The van der Waals surface area contributed by atoms with E-state index in [0.29, 0.717) is 0 Å². The smallest absolute Gasteiger partial charge is 0.128 e. The van der Waals surface area contributed by atoms with Crippen molar-refractivity contribution in [1.29, 1.82) is 0 Å². The van der Waals surface area contributed by atoms with E-state index in [2.05, 4.69) is 15.0 Å². The zero-order valence-corrected chi connectivity index (χ0v) is 7.80. The van der Waals surface area contributed by atoms with Gasteiger partial charge in [0.1, 0.15) is 5.82 Å². The number of pyridine rings is 1. The van der Waals surface area contributed by atoms with Gasteiger partial charge in [0, 0.05) is 30.7 Å². The molecule has 0 saturated heterocycles. The molecule has 0 bridgehead atoms. The van der Waals surface area contributed by atoms with Crippen LogP contribution in [0.4, 0.5) is 0 Å². The summed E-state index contributed by atoms with van der Waals surface area (Å²) in [5.41, 5.74) is 1.08. The van der Waals surface area contributed by atoms with Crippen molar-refractivity contribution < 1.29 is 0 Å². The lowest BCUT2D eigenvalue weighted by Crippen LogP contribution is -1.97. The molecular weight excluding hydrogens is 174 g/mol. The third kappa shape index (κ3) is 2.36. The van der Waals surface area contributed by atoms with Crippen LogP contribution < -0.4 is 0 Å². The molecule has 2 rings (SSSR count). The first-order chi connectivity index (χ1) is 6.95. The summed E-state index contributed by atoms with van der Waals surface area (Å²) in [6.45, 7) is 0. The number of hydrogen-bond donors (Lipinski definition) is 0. The van der Waals surface area contributed by atoms with Gasteiger partial charge in [-0.05, 0) is 24.6 Å². The van der Waals surface area contributed by atoms with Crippen molar-refractivity contribution >= 4 is 0 Å². The van der Waals surface area contributed by atoms with Crippen LogP contribution in [0.15, 0.2) is 42.9 Å². The zero-order chi connectivity index (χ0) is 9.64. The fourth-order valence-corrected chi connectivity index (χ4v) is 1.24. The van der Waals surface area contributed by atoms with Crippen LogP contribution in [-0.2, 0) is 12.8 Å². The third-order valence-corrected chi connectivity index (χ3v) is 1.95. The van der Waals surface area contributed by atoms with Gasteiger partial charge in [0.15, 0.2) is 0 Å². The summed E-state index contributed by atoms with van der Waals surface area (Å²) in [7, 11) is 0. The quantitative estimate of drug-likeness (QED) is 0.730. The summed E-state index contributed by atoms with van der Waals surface area (Å²) >= 11 is 0. The monoisotopic (exact) mass is 185 g/mol. The Balaban J connectivity index is 1.96. The molecule has 0 unspecified atom stereocenters. The van der Waals surface area contributed by atoms with E-state index in [9.17, 15) is 0 Å². The summed E-state index contributed by atoms with van der Waals surface area (Å²) in [5, 5.41) is 0. The molecule has 14 heavy (non-hydrogen) atoms. The van der Waals surface area contributed by atoms with E-state index < -0.39 is 0 Å². The summed E-state index contributed by atoms with van der Waals surface area (Å²) in [4.78, 5) is 12.5. The topological polar surface area (TPSA) is 38.7 Å². The lowest BCUT2D eigenvalue weighted by Gasteiger charge is -1.98. The highest BCUT2D eigenvalue weighted by Crippen LogP contribution is 1.99. The number of nitrogens with zero attached hydrogens (tertiary/aromatic N) is 3. The van der Waals surface area contributed by atoms with Crippen LogP contribution in [0, 0.1) is 0 Å². The lowest BCUT2D eigenvalue weighted by molar-refractivity contribution is 0.835. The Morgan fingerprint density at radius 1 is 0.786 bits per heavy atom. The fourth-order valence-electron chi connectivity index (χ4n) is 1.24.